The van der Waals surface area contributed by atoms with Gasteiger partial charge in [0.15, 0.2) is 0 Å². The van der Waals surface area contributed by atoms with Crippen LogP contribution in [0.25, 0.3) is 0 Å². The predicted octanol–water partition coefficient (Wildman–Crippen LogP) is -0.168. The van der Waals surface area contributed by atoms with E-state index in [1.165, 1.54) is 0 Å². The second-order valence-corrected chi connectivity index (χ2v) is 4.40. The Balaban J connectivity index is 1.68. The Bertz CT molecular complexity index is 256. The van der Waals surface area contributed by atoms with E-state index in [4.69, 9.17) is 14.2 Å². The van der Waals surface area contributed by atoms with E-state index in [0.29, 0.717) is 32.9 Å². The molecule has 2 unspecified atom stereocenters. The summed E-state index contributed by atoms with van der Waals surface area (Å²) in [5.74, 6) is 0. The summed E-state index contributed by atoms with van der Waals surface area (Å²) in [5, 5.41) is 3.24. The molecule has 2 aliphatic heterocycles. The normalized spacial score (nSPS) is 30.1. The van der Waals surface area contributed by atoms with E-state index in [0.717, 1.165) is 13.1 Å². The predicted molar refractivity (Wildman–Crippen MR) is 60.9 cm³/mol. The molecule has 2 saturated heterocycles. The first-order valence-corrected chi connectivity index (χ1v) is 6.11. The van der Waals surface area contributed by atoms with Crippen molar-refractivity contribution in [3.63, 3.8) is 0 Å². The Morgan fingerprint density at radius 2 is 2.18 bits per heavy atom. The van der Waals surface area contributed by atoms with Gasteiger partial charge >= 0.3 is 6.09 Å². The Morgan fingerprint density at radius 3 is 2.88 bits per heavy atom. The van der Waals surface area contributed by atoms with Crippen molar-refractivity contribution in [1.29, 1.82) is 0 Å². The summed E-state index contributed by atoms with van der Waals surface area (Å²) in [7, 11) is 0. The van der Waals surface area contributed by atoms with Gasteiger partial charge in [-0.05, 0) is 6.92 Å². The fraction of sp³-hybridized carbons (Fsp3) is 0.909. The smallest absolute Gasteiger partial charge is 0.410 e. The number of nitrogens with one attached hydrogen (secondary N) is 1. The minimum Gasteiger partial charge on any atom is -0.447 e. The van der Waals surface area contributed by atoms with Crippen LogP contribution in [0.3, 0.4) is 0 Å². The van der Waals surface area contributed by atoms with E-state index < -0.39 is 0 Å². The third kappa shape index (κ3) is 3.83. The first-order chi connectivity index (χ1) is 8.25. The quantitative estimate of drug-likeness (QED) is 0.731. The van der Waals surface area contributed by atoms with Gasteiger partial charge in [-0.1, -0.05) is 0 Å². The zero-order valence-corrected chi connectivity index (χ0v) is 10.2. The molecule has 2 atom stereocenters. The van der Waals surface area contributed by atoms with Crippen LogP contribution in [-0.2, 0) is 14.2 Å². The van der Waals surface area contributed by atoms with Gasteiger partial charge < -0.3 is 24.4 Å². The number of rotatable bonds is 2. The van der Waals surface area contributed by atoms with Crippen LogP contribution in [0.2, 0.25) is 0 Å². The molecule has 6 heteroatoms. The fourth-order valence-electron chi connectivity index (χ4n) is 1.97. The maximum Gasteiger partial charge on any atom is 0.410 e. The molecule has 6 nitrogen and oxygen atoms in total. The zero-order chi connectivity index (χ0) is 12.1. The summed E-state index contributed by atoms with van der Waals surface area (Å²) in [6.07, 6.45) is -0.130. The Labute approximate surface area is 101 Å². The van der Waals surface area contributed by atoms with Gasteiger partial charge in [-0.3, -0.25) is 0 Å². The van der Waals surface area contributed by atoms with Crippen LogP contribution in [0.1, 0.15) is 6.92 Å². The average Bonchev–Trinajstić information content (AvgIpc) is 2.37. The second kappa shape index (κ2) is 6.18. The van der Waals surface area contributed by atoms with Gasteiger partial charge in [0.25, 0.3) is 0 Å². The molecule has 2 heterocycles. The maximum atomic E-state index is 11.7. The highest BCUT2D eigenvalue weighted by Crippen LogP contribution is 2.05. The van der Waals surface area contributed by atoms with Crippen LogP contribution in [0.15, 0.2) is 0 Å². The number of nitrogens with zero attached hydrogens (tertiary/aromatic N) is 1. The molecule has 98 valence electrons. The largest absolute Gasteiger partial charge is 0.447 e. The molecule has 1 N–H and O–H groups in total. The Kier molecular flexibility index (Phi) is 4.58. The van der Waals surface area contributed by atoms with Crippen molar-refractivity contribution in [3.05, 3.63) is 0 Å². The van der Waals surface area contributed by atoms with Gasteiger partial charge in [0.1, 0.15) is 12.7 Å². The highest BCUT2D eigenvalue weighted by Gasteiger charge is 2.23. The minimum absolute atomic E-state index is 0.0382. The molecule has 17 heavy (non-hydrogen) atoms. The molecule has 0 bridgehead atoms. The van der Waals surface area contributed by atoms with E-state index in [-0.39, 0.29) is 18.3 Å². The summed E-state index contributed by atoms with van der Waals surface area (Å²) in [4.78, 5) is 13.4. The molecule has 0 aromatic carbocycles. The molecule has 2 fully saturated rings. The van der Waals surface area contributed by atoms with Gasteiger partial charge in [-0.2, -0.15) is 0 Å². The number of carbonyl (C=O) groups is 1. The van der Waals surface area contributed by atoms with Gasteiger partial charge in [-0.15, -0.1) is 0 Å². The van der Waals surface area contributed by atoms with Crippen molar-refractivity contribution >= 4 is 6.09 Å². The molecule has 2 aliphatic rings. The first kappa shape index (κ1) is 12.6. The summed E-state index contributed by atoms with van der Waals surface area (Å²) in [6, 6.07) is 0. The van der Waals surface area contributed by atoms with E-state index >= 15 is 0 Å². The molecule has 0 aliphatic carbocycles. The van der Waals surface area contributed by atoms with Crippen molar-refractivity contribution in [1.82, 2.24) is 10.2 Å². The lowest BCUT2D eigenvalue weighted by Crippen LogP contribution is -2.47. The lowest BCUT2D eigenvalue weighted by atomic mass is 10.2. The van der Waals surface area contributed by atoms with Crippen LogP contribution in [0.4, 0.5) is 4.79 Å². The standard InChI is InChI=1S/C11H20N2O4/c1-9-6-12-7-10(17-9)8-16-11(14)13-2-4-15-5-3-13/h9-10,12H,2-8H2,1H3. The summed E-state index contributed by atoms with van der Waals surface area (Å²) < 4.78 is 16.1. The monoisotopic (exact) mass is 244 g/mol. The van der Waals surface area contributed by atoms with Gasteiger partial charge in [0.2, 0.25) is 0 Å². The minimum atomic E-state index is -0.268. The zero-order valence-electron chi connectivity index (χ0n) is 10.2. The average molecular weight is 244 g/mol. The highest BCUT2D eigenvalue weighted by atomic mass is 16.6. The fourth-order valence-corrected chi connectivity index (χ4v) is 1.97. The Morgan fingerprint density at radius 1 is 1.41 bits per heavy atom. The molecule has 2 rings (SSSR count). The molecule has 0 radical (unpaired) electrons. The van der Waals surface area contributed by atoms with Crippen molar-refractivity contribution in [3.8, 4) is 0 Å². The van der Waals surface area contributed by atoms with Crippen molar-refractivity contribution in [2.24, 2.45) is 0 Å². The number of amides is 1. The number of hydrogen-bond donors (Lipinski definition) is 1. The van der Waals surface area contributed by atoms with Gasteiger partial charge in [-0.25, -0.2) is 4.79 Å². The molecule has 1 amide bonds. The summed E-state index contributed by atoms with van der Waals surface area (Å²) in [5.41, 5.74) is 0. The maximum absolute atomic E-state index is 11.7. The molecule has 0 spiro atoms. The van der Waals surface area contributed by atoms with Crippen molar-refractivity contribution in [2.45, 2.75) is 19.1 Å². The van der Waals surface area contributed by atoms with Crippen LogP contribution in [-0.4, -0.2) is 69.2 Å². The second-order valence-electron chi connectivity index (χ2n) is 4.40. The van der Waals surface area contributed by atoms with E-state index in [2.05, 4.69) is 5.32 Å². The molecular formula is C11H20N2O4. The Hall–Kier alpha value is -0.850. The van der Waals surface area contributed by atoms with Gasteiger partial charge in [0.05, 0.1) is 19.3 Å². The number of ether oxygens (including phenoxy) is 3. The van der Waals surface area contributed by atoms with E-state index in [1.54, 1.807) is 4.90 Å². The lowest BCUT2D eigenvalue weighted by Gasteiger charge is -2.30. The number of morpholine rings is 2. The molecular weight excluding hydrogens is 224 g/mol. The third-order valence-corrected chi connectivity index (χ3v) is 2.89. The van der Waals surface area contributed by atoms with Crippen LogP contribution < -0.4 is 5.32 Å². The van der Waals surface area contributed by atoms with Crippen LogP contribution in [0, 0.1) is 0 Å². The number of hydrogen-bond acceptors (Lipinski definition) is 5. The van der Waals surface area contributed by atoms with Crippen LogP contribution in [0.5, 0.6) is 0 Å². The first-order valence-electron chi connectivity index (χ1n) is 6.11. The van der Waals surface area contributed by atoms with E-state index in [1.807, 2.05) is 6.92 Å². The van der Waals surface area contributed by atoms with Gasteiger partial charge in [0, 0.05) is 26.2 Å². The topological polar surface area (TPSA) is 60.0 Å². The van der Waals surface area contributed by atoms with Crippen molar-refractivity contribution in [2.75, 3.05) is 46.0 Å². The SMILES string of the molecule is CC1CNCC(COC(=O)N2CCOCC2)O1. The number of carbonyl (C=O) groups excluding carboxylic acids is 1. The molecule has 0 aromatic rings. The van der Waals surface area contributed by atoms with Crippen molar-refractivity contribution < 1.29 is 19.0 Å². The lowest BCUT2D eigenvalue weighted by molar-refractivity contribution is -0.0609. The molecule has 0 aromatic heterocycles. The summed E-state index contributed by atoms with van der Waals surface area (Å²) in [6.45, 7) is 6.31. The third-order valence-electron chi connectivity index (χ3n) is 2.89. The van der Waals surface area contributed by atoms with Crippen LogP contribution >= 0.6 is 0 Å². The molecule has 0 saturated carbocycles. The van der Waals surface area contributed by atoms with E-state index in [9.17, 15) is 4.79 Å². The summed E-state index contributed by atoms with van der Waals surface area (Å²) >= 11 is 0. The highest BCUT2D eigenvalue weighted by molar-refractivity contribution is 5.67.